The van der Waals surface area contributed by atoms with Gasteiger partial charge in [0.15, 0.2) is 0 Å². The van der Waals surface area contributed by atoms with Crippen LogP contribution in [0.3, 0.4) is 0 Å². The molecule has 0 N–H and O–H groups in total. The lowest BCUT2D eigenvalue weighted by Gasteiger charge is -2.12. The zero-order valence-electron chi connectivity index (χ0n) is 13.0. The van der Waals surface area contributed by atoms with E-state index in [9.17, 15) is 14.0 Å². The fourth-order valence-corrected chi connectivity index (χ4v) is 2.43. The SMILES string of the molecule is COc1ccc(CN=C2CC(=O)N(c3ccc(F)cc3)C2=O)cc1. The summed E-state index contributed by atoms with van der Waals surface area (Å²) in [5.41, 5.74) is 1.46. The fourth-order valence-electron chi connectivity index (χ4n) is 2.43. The Labute approximate surface area is 138 Å². The first-order chi connectivity index (χ1) is 11.6. The van der Waals surface area contributed by atoms with Gasteiger partial charge in [0.1, 0.15) is 17.3 Å². The molecule has 1 heterocycles. The van der Waals surface area contributed by atoms with Gasteiger partial charge >= 0.3 is 0 Å². The van der Waals surface area contributed by atoms with E-state index in [-0.39, 0.29) is 18.0 Å². The lowest BCUT2D eigenvalue weighted by atomic mass is 10.2. The maximum atomic E-state index is 13.0. The molecule has 3 rings (SSSR count). The van der Waals surface area contributed by atoms with Crippen molar-refractivity contribution in [3.8, 4) is 5.75 Å². The van der Waals surface area contributed by atoms with Gasteiger partial charge < -0.3 is 4.74 Å². The number of methoxy groups -OCH3 is 1. The second-order valence-electron chi connectivity index (χ2n) is 5.30. The third-order valence-electron chi connectivity index (χ3n) is 3.71. The standard InChI is InChI=1S/C18H15FN2O3/c1-24-15-8-2-12(3-9-15)11-20-16-10-17(22)21(18(16)23)14-6-4-13(19)5-7-14/h2-9H,10-11H2,1H3. The third kappa shape index (κ3) is 3.17. The minimum Gasteiger partial charge on any atom is -0.497 e. The Morgan fingerprint density at radius 1 is 1.08 bits per heavy atom. The lowest BCUT2D eigenvalue weighted by molar-refractivity contribution is -0.120. The molecule has 122 valence electrons. The van der Waals surface area contributed by atoms with Crippen LogP contribution in [0.15, 0.2) is 53.5 Å². The highest BCUT2D eigenvalue weighted by atomic mass is 19.1. The van der Waals surface area contributed by atoms with Gasteiger partial charge in [-0.3, -0.25) is 14.6 Å². The number of nitrogens with zero attached hydrogens (tertiary/aromatic N) is 2. The Balaban J connectivity index is 1.76. The molecule has 0 unspecified atom stereocenters. The molecular formula is C18H15FN2O3. The first kappa shape index (κ1) is 15.9. The number of imide groups is 1. The maximum absolute atomic E-state index is 13.0. The van der Waals surface area contributed by atoms with Crippen molar-refractivity contribution >= 4 is 23.2 Å². The van der Waals surface area contributed by atoms with Crippen molar-refractivity contribution in [2.75, 3.05) is 12.0 Å². The van der Waals surface area contributed by atoms with E-state index in [1.165, 1.54) is 24.3 Å². The number of anilines is 1. The molecule has 5 nitrogen and oxygen atoms in total. The van der Waals surface area contributed by atoms with Gasteiger partial charge in [-0.25, -0.2) is 9.29 Å². The summed E-state index contributed by atoms with van der Waals surface area (Å²) in [5, 5.41) is 0. The minimum atomic E-state index is -0.458. The molecule has 24 heavy (non-hydrogen) atoms. The van der Waals surface area contributed by atoms with E-state index in [0.717, 1.165) is 16.2 Å². The Morgan fingerprint density at radius 2 is 1.75 bits per heavy atom. The van der Waals surface area contributed by atoms with Crippen molar-refractivity contribution in [3.05, 3.63) is 59.9 Å². The van der Waals surface area contributed by atoms with Crippen LogP contribution in [0.4, 0.5) is 10.1 Å². The second-order valence-corrected chi connectivity index (χ2v) is 5.30. The summed E-state index contributed by atoms with van der Waals surface area (Å²) in [6.45, 7) is 0.301. The number of rotatable bonds is 4. The highest BCUT2D eigenvalue weighted by molar-refractivity contribution is 6.56. The first-order valence-corrected chi connectivity index (χ1v) is 7.37. The fraction of sp³-hybridized carbons (Fsp3) is 0.167. The summed E-state index contributed by atoms with van der Waals surface area (Å²) in [4.78, 5) is 29.8. The normalized spacial score (nSPS) is 16.1. The smallest absolute Gasteiger partial charge is 0.279 e. The number of hydrogen-bond acceptors (Lipinski definition) is 4. The molecule has 0 bridgehead atoms. The Bertz CT molecular complexity index is 798. The van der Waals surface area contributed by atoms with E-state index in [2.05, 4.69) is 4.99 Å². The Morgan fingerprint density at radius 3 is 2.38 bits per heavy atom. The molecule has 0 spiro atoms. The molecule has 1 fully saturated rings. The molecule has 2 amide bonds. The number of ether oxygens (including phenoxy) is 1. The van der Waals surface area contributed by atoms with Crippen LogP contribution in [0, 0.1) is 5.82 Å². The predicted octanol–water partition coefficient (Wildman–Crippen LogP) is 2.74. The number of halogens is 1. The number of amides is 2. The third-order valence-corrected chi connectivity index (χ3v) is 3.71. The minimum absolute atomic E-state index is 0.0492. The first-order valence-electron chi connectivity index (χ1n) is 7.37. The largest absolute Gasteiger partial charge is 0.497 e. The lowest BCUT2D eigenvalue weighted by Crippen LogP contribution is -2.30. The summed E-state index contributed by atoms with van der Waals surface area (Å²) in [5.74, 6) is -0.507. The van der Waals surface area contributed by atoms with E-state index >= 15 is 0 Å². The highest BCUT2D eigenvalue weighted by Crippen LogP contribution is 2.22. The second kappa shape index (κ2) is 6.62. The number of carbonyl (C=O) groups is 2. The highest BCUT2D eigenvalue weighted by Gasteiger charge is 2.36. The van der Waals surface area contributed by atoms with Gasteiger partial charge in [-0.1, -0.05) is 12.1 Å². The van der Waals surface area contributed by atoms with E-state index < -0.39 is 11.7 Å². The molecule has 6 heteroatoms. The van der Waals surface area contributed by atoms with Crippen LogP contribution < -0.4 is 9.64 Å². The van der Waals surface area contributed by atoms with Crippen molar-refractivity contribution < 1.29 is 18.7 Å². The zero-order valence-corrected chi connectivity index (χ0v) is 13.0. The molecule has 1 saturated heterocycles. The number of benzene rings is 2. The van der Waals surface area contributed by atoms with E-state index in [4.69, 9.17) is 4.74 Å². The molecular weight excluding hydrogens is 311 g/mol. The van der Waals surface area contributed by atoms with Gasteiger partial charge in [-0.05, 0) is 42.0 Å². The number of carbonyl (C=O) groups excluding carboxylic acids is 2. The monoisotopic (exact) mass is 326 g/mol. The average Bonchev–Trinajstić information content (AvgIpc) is 2.88. The molecule has 0 saturated carbocycles. The summed E-state index contributed by atoms with van der Waals surface area (Å²) in [6, 6.07) is 12.5. The van der Waals surface area contributed by atoms with Gasteiger partial charge in [0.05, 0.1) is 25.8 Å². The van der Waals surface area contributed by atoms with E-state index in [1.54, 1.807) is 7.11 Å². The Hall–Kier alpha value is -3.02. The van der Waals surface area contributed by atoms with Gasteiger partial charge in [0, 0.05) is 0 Å². The molecule has 1 aliphatic rings. The summed E-state index contributed by atoms with van der Waals surface area (Å²) < 4.78 is 18.1. The van der Waals surface area contributed by atoms with Crippen LogP contribution in [-0.4, -0.2) is 24.6 Å². The van der Waals surface area contributed by atoms with Gasteiger partial charge in [0.2, 0.25) is 5.91 Å². The number of hydrogen-bond donors (Lipinski definition) is 0. The molecule has 0 radical (unpaired) electrons. The quantitative estimate of drug-likeness (QED) is 0.812. The summed E-state index contributed by atoms with van der Waals surface area (Å²) >= 11 is 0. The maximum Gasteiger partial charge on any atom is 0.279 e. The van der Waals surface area contributed by atoms with Crippen molar-refractivity contribution in [3.63, 3.8) is 0 Å². The molecule has 0 aromatic heterocycles. The topological polar surface area (TPSA) is 59.0 Å². The van der Waals surface area contributed by atoms with Crippen molar-refractivity contribution in [1.82, 2.24) is 0 Å². The van der Waals surface area contributed by atoms with Crippen LogP contribution in [0.25, 0.3) is 0 Å². The Kier molecular flexibility index (Phi) is 4.37. The van der Waals surface area contributed by atoms with Gasteiger partial charge in [-0.2, -0.15) is 0 Å². The van der Waals surface area contributed by atoms with Crippen LogP contribution in [0.1, 0.15) is 12.0 Å². The predicted molar refractivity (Wildman–Crippen MR) is 87.6 cm³/mol. The zero-order chi connectivity index (χ0) is 17.1. The van der Waals surface area contributed by atoms with Gasteiger partial charge in [-0.15, -0.1) is 0 Å². The molecule has 2 aromatic rings. The van der Waals surface area contributed by atoms with Crippen LogP contribution >= 0.6 is 0 Å². The van der Waals surface area contributed by atoms with E-state index in [0.29, 0.717) is 12.2 Å². The van der Waals surface area contributed by atoms with Crippen molar-refractivity contribution in [1.29, 1.82) is 0 Å². The number of aliphatic imine (C=N–C) groups is 1. The average molecular weight is 326 g/mol. The van der Waals surface area contributed by atoms with E-state index in [1.807, 2.05) is 24.3 Å². The van der Waals surface area contributed by atoms with Crippen molar-refractivity contribution in [2.45, 2.75) is 13.0 Å². The van der Waals surface area contributed by atoms with Crippen LogP contribution in [0.5, 0.6) is 5.75 Å². The van der Waals surface area contributed by atoms with Gasteiger partial charge in [0.25, 0.3) is 5.91 Å². The summed E-state index contributed by atoms with van der Waals surface area (Å²) in [7, 11) is 1.59. The van der Waals surface area contributed by atoms with Crippen LogP contribution in [-0.2, 0) is 16.1 Å². The molecule has 0 atom stereocenters. The molecule has 0 aliphatic carbocycles. The van der Waals surface area contributed by atoms with Crippen LogP contribution in [0.2, 0.25) is 0 Å². The molecule has 1 aliphatic heterocycles. The van der Waals surface area contributed by atoms with Crippen molar-refractivity contribution in [2.24, 2.45) is 4.99 Å². The molecule has 2 aromatic carbocycles. The summed E-state index contributed by atoms with van der Waals surface area (Å²) in [6.07, 6.45) is -0.0492.